The summed E-state index contributed by atoms with van der Waals surface area (Å²) in [4.78, 5) is 12.7. The molecule has 0 radical (unpaired) electrons. The number of nitroso groups, excluding NO2 is 1. The van der Waals surface area contributed by atoms with Crippen molar-refractivity contribution in [2.24, 2.45) is 5.18 Å². The maximum atomic E-state index is 10.7. The smallest absolute Gasteiger partial charge is 0.126 e. The fraction of sp³-hybridized carbons (Fsp3) is 0.118. The predicted molar refractivity (Wildman–Crippen MR) is 86.3 cm³/mol. The maximum absolute atomic E-state index is 10.7. The number of nitrogens with zero attached hydrogens (tertiary/aromatic N) is 3. The third-order valence-electron chi connectivity index (χ3n) is 3.12. The van der Waals surface area contributed by atoms with Crippen LogP contribution in [0.25, 0.3) is 12.2 Å². The Kier molecular flexibility index (Phi) is 4.47. The van der Waals surface area contributed by atoms with E-state index in [0.717, 1.165) is 16.8 Å². The molecule has 0 amide bonds. The van der Waals surface area contributed by atoms with Crippen LogP contribution in [0.15, 0.2) is 47.6 Å². The average molecular weight is 277 g/mol. The Morgan fingerprint density at radius 1 is 1.05 bits per heavy atom. The molecule has 0 aromatic heterocycles. The molecule has 2 aromatic rings. The van der Waals surface area contributed by atoms with Crippen molar-refractivity contribution in [2.45, 2.75) is 0 Å². The van der Waals surface area contributed by atoms with Crippen LogP contribution in [-0.2, 0) is 0 Å². The first-order valence-corrected chi connectivity index (χ1v) is 6.47. The predicted octanol–water partition coefficient (Wildman–Crippen LogP) is 4.19. The molecule has 2 aromatic carbocycles. The Bertz CT molecular complexity index is 710. The third kappa shape index (κ3) is 3.54. The molecule has 0 aliphatic carbocycles. The number of benzene rings is 2. The van der Waals surface area contributed by atoms with E-state index in [4.69, 9.17) is 5.26 Å². The monoisotopic (exact) mass is 277 g/mol. The molecule has 0 unspecified atom stereocenters. The van der Waals surface area contributed by atoms with Gasteiger partial charge < -0.3 is 4.90 Å². The molecule has 21 heavy (non-hydrogen) atoms. The van der Waals surface area contributed by atoms with Crippen molar-refractivity contribution in [1.29, 1.82) is 5.26 Å². The minimum Gasteiger partial charge on any atom is -0.378 e. The molecule has 0 heterocycles. The summed E-state index contributed by atoms with van der Waals surface area (Å²) in [5, 5.41) is 11.7. The first kappa shape index (κ1) is 14.5. The minimum absolute atomic E-state index is 0.169. The first-order valence-electron chi connectivity index (χ1n) is 6.47. The Labute approximate surface area is 123 Å². The summed E-state index contributed by atoms with van der Waals surface area (Å²) in [7, 11) is 3.99. The van der Waals surface area contributed by atoms with E-state index in [0.29, 0.717) is 0 Å². The van der Waals surface area contributed by atoms with Crippen LogP contribution in [0, 0.1) is 16.2 Å². The molecule has 0 aliphatic heterocycles. The van der Waals surface area contributed by atoms with Crippen molar-refractivity contribution in [3.05, 3.63) is 64.1 Å². The van der Waals surface area contributed by atoms with Gasteiger partial charge in [0.05, 0.1) is 5.56 Å². The van der Waals surface area contributed by atoms with Crippen molar-refractivity contribution in [3.63, 3.8) is 0 Å². The lowest BCUT2D eigenvalue weighted by Crippen LogP contribution is -2.07. The second-order valence-electron chi connectivity index (χ2n) is 4.80. The summed E-state index contributed by atoms with van der Waals surface area (Å²) >= 11 is 0. The van der Waals surface area contributed by atoms with Crippen molar-refractivity contribution in [2.75, 3.05) is 19.0 Å². The molecule has 2 rings (SSSR count). The van der Waals surface area contributed by atoms with Crippen molar-refractivity contribution in [3.8, 4) is 6.07 Å². The summed E-state index contributed by atoms with van der Waals surface area (Å²) in [5.41, 5.74) is 3.49. The second-order valence-corrected chi connectivity index (χ2v) is 4.80. The van der Waals surface area contributed by atoms with Crippen LogP contribution in [0.3, 0.4) is 0 Å². The minimum atomic E-state index is 0.169. The van der Waals surface area contributed by atoms with Gasteiger partial charge >= 0.3 is 0 Å². The van der Waals surface area contributed by atoms with Gasteiger partial charge in [-0.2, -0.15) is 5.26 Å². The molecule has 4 heteroatoms. The van der Waals surface area contributed by atoms with E-state index in [1.165, 1.54) is 0 Å². The van der Waals surface area contributed by atoms with Crippen molar-refractivity contribution < 1.29 is 0 Å². The van der Waals surface area contributed by atoms with Gasteiger partial charge in [-0.1, -0.05) is 30.4 Å². The topological polar surface area (TPSA) is 56.5 Å². The largest absolute Gasteiger partial charge is 0.378 e. The Hall–Kier alpha value is -2.93. The van der Waals surface area contributed by atoms with Gasteiger partial charge in [-0.25, -0.2) is 0 Å². The number of rotatable bonds is 4. The van der Waals surface area contributed by atoms with Crippen LogP contribution in [0.4, 0.5) is 11.4 Å². The van der Waals surface area contributed by atoms with Gasteiger partial charge in [-0.05, 0) is 40.6 Å². The molecule has 0 atom stereocenters. The zero-order chi connectivity index (χ0) is 15.2. The molecular weight excluding hydrogens is 262 g/mol. The fourth-order valence-electron chi connectivity index (χ4n) is 1.90. The molecule has 0 saturated carbocycles. The number of anilines is 1. The summed E-state index contributed by atoms with van der Waals surface area (Å²) in [6, 6.07) is 15.1. The Morgan fingerprint density at radius 2 is 1.67 bits per heavy atom. The number of hydrogen-bond donors (Lipinski definition) is 0. The summed E-state index contributed by atoms with van der Waals surface area (Å²) in [6.07, 6.45) is 3.84. The molecule has 0 bridgehead atoms. The maximum Gasteiger partial charge on any atom is 0.126 e. The fourth-order valence-corrected chi connectivity index (χ4v) is 1.90. The van der Waals surface area contributed by atoms with Gasteiger partial charge in [-0.15, -0.1) is 4.91 Å². The SMILES string of the molecule is CN(C)c1ccc(/C=C/c2ccc(C#N)c(N=O)c2)cc1. The van der Waals surface area contributed by atoms with Crippen LogP contribution >= 0.6 is 0 Å². The zero-order valence-electron chi connectivity index (χ0n) is 11.9. The van der Waals surface area contributed by atoms with Gasteiger partial charge in [0, 0.05) is 19.8 Å². The van der Waals surface area contributed by atoms with E-state index in [1.54, 1.807) is 18.2 Å². The second kappa shape index (κ2) is 6.49. The normalized spacial score (nSPS) is 10.3. The van der Waals surface area contributed by atoms with Crippen molar-refractivity contribution >= 4 is 23.5 Å². The Balaban J connectivity index is 2.21. The lowest BCUT2D eigenvalue weighted by molar-refractivity contribution is 1.13. The highest BCUT2D eigenvalue weighted by Gasteiger charge is 2.02. The highest BCUT2D eigenvalue weighted by Crippen LogP contribution is 2.21. The summed E-state index contributed by atoms with van der Waals surface area (Å²) in [5.74, 6) is 0. The van der Waals surface area contributed by atoms with E-state index in [1.807, 2.05) is 61.5 Å². The van der Waals surface area contributed by atoms with Crippen LogP contribution in [0.2, 0.25) is 0 Å². The number of nitriles is 1. The quantitative estimate of drug-likeness (QED) is 0.622. The molecule has 0 saturated heterocycles. The molecule has 0 spiro atoms. The molecule has 4 nitrogen and oxygen atoms in total. The standard InChI is InChI=1S/C17H15N3O/c1-20(2)16-9-6-13(7-10-16)3-4-14-5-8-15(12-18)17(11-14)19-21/h3-11H,1-2H3/b4-3+. The van der Waals surface area contributed by atoms with Crippen molar-refractivity contribution in [1.82, 2.24) is 0 Å². The lowest BCUT2D eigenvalue weighted by atomic mass is 10.1. The van der Waals surface area contributed by atoms with Gasteiger partial charge in [0.1, 0.15) is 11.8 Å². The van der Waals surface area contributed by atoms with E-state index >= 15 is 0 Å². The Morgan fingerprint density at radius 3 is 2.24 bits per heavy atom. The number of hydrogen-bond acceptors (Lipinski definition) is 4. The molecule has 0 fully saturated rings. The zero-order valence-corrected chi connectivity index (χ0v) is 11.9. The first-order chi connectivity index (χ1) is 10.1. The van der Waals surface area contributed by atoms with E-state index in [-0.39, 0.29) is 11.3 Å². The molecule has 0 aliphatic rings. The average Bonchev–Trinajstić information content (AvgIpc) is 2.52. The molecular formula is C17H15N3O. The summed E-state index contributed by atoms with van der Waals surface area (Å²) in [6.45, 7) is 0. The van der Waals surface area contributed by atoms with Crippen LogP contribution in [0.1, 0.15) is 16.7 Å². The van der Waals surface area contributed by atoms with Crippen LogP contribution in [0.5, 0.6) is 0 Å². The molecule has 0 N–H and O–H groups in total. The van der Waals surface area contributed by atoms with Crippen LogP contribution < -0.4 is 4.90 Å². The van der Waals surface area contributed by atoms with E-state index in [9.17, 15) is 4.91 Å². The van der Waals surface area contributed by atoms with E-state index in [2.05, 4.69) is 5.18 Å². The van der Waals surface area contributed by atoms with E-state index < -0.39 is 0 Å². The van der Waals surface area contributed by atoms with Gasteiger partial charge in [0.15, 0.2) is 0 Å². The van der Waals surface area contributed by atoms with Crippen LogP contribution in [-0.4, -0.2) is 14.1 Å². The highest BCUT2D eigenvalue weighted by atomic mass is 16.3. The van der Waals surface area contributed by atoms with Gasteiger partial charge in [-0.3, -0.25) is 0 Å². The van der Waals surface area contributed by atoms with Gasteiger partial charge in [0.2, 0.25) is 0 Å². The molecule has 104 valence electrons. The lowest BCUT2D eigenvalue weighted by Gasteiger charge is -2.11. The summed E-state index contributed by atoms with van der Waals surface area (Å²) < 4.78 is 0. The van der Waals surface area contributed by atoms with Gasteiger partial charge in [0.25, 0.3) is 0 Å². The highest BCUT2D eigenvalue weighted by molar-refractivity contribution is 5.73. The third-order valence-corrected chi connectivity index (χ3v) is 3.12.